The van der Waals surface area contributed by atoms with Crippen molar-refractivity contribution in [1.29, 1.82) is 0 Å². The third-order valence-electron chi connectivity index (χ3n) is 3.27. The molecule has 0 saturated carbocycles. The maximum absolute atomic E-state index is 5.67. The van der Waals surface area contributed by atoms with Gasteiger partial charge in [0.05, 0.1) is 18.8 Å². The molecule has 0 spiro atoms. The van der Waals surface area contributed by atoms with Gasteiger partial charge in [0.25, 0.3) is 0 Å². The molecule has 0 saturated heterocycles. The molecule has 1 unspecified atom stereocenters. The van der Waals surface area contributed by atoms with Gasteiger partial charge in [-0.2, -0.15) is 0 Å². The number of rotatable bonds is 6. The Labute approximate surface area is 126 Å². The zero-order valence-corrected chi connectivity index (χ0v) is 13.2. The number of nitrogens with one attached hydrogen (secondary N) is 1. The average Bonchev–Trinajstić information content (AvgIpc) is 2.45. The standard InChI is InChI=1S/C17H23N3O/c1-5-6-21-16-9-15(10-19-11-16)17(18-4)14-7-12(2)20-13(3)8-14/h7-11,17-18H,5-6H2,1-4H3. The zero-order chi connectivity index (χ0) is 15.2. The summed E-state index contributed by atoms with van der Waals surface area (Å²) in [6.45, 7) is 6.84. The summed E-state index contributed by atoms with van der Waals surface area (Å²) in [5, 5.41) is 3.35. The van der Waals surface area contributed by atoms with Gasteiger partial charge in [0.15, 0.2) is 0 Å². The molecule has 2 aromatic rings. The summed E-state index contributed by atoms with van der Waals surface area (Å²) in [5.41, 5.74) is 4.33. The summed E-state index contributed by atoms with van der Waals surface area (Å²) in [6.07, 6.45) is 4.63. The number of hydrogen-bond donors (Lipinski definition) is 1. The summed E-state index contributed by atoms with van der Waals surface area (Å²) < 4.78 is 5.67. The quantitative estimate of drug-likeness (QED) is 0.885. The molecule has 0 aliphatic heterocycles. The molecule has 2 rings (SSSR count). The summed E-state index contributed by atoms with van der Waals surface area (Å²) >= 11 is 0. The van der Waals surface area contributed by atoms with Crippen molar-refractivity contribution in [2.75, 3.05) is 13.7 Å². The van der Waals surface area contributed by atoms with Crippen molar-refractivity contribution in [3.05, 3.63) is 53.1 Å². The number of aryl methyl sites for hydroxylation is 2. The molecule has 21 heavy (non-hydrogen) atoms. The molecule has 0 fully saturated rings. The number of pyridine rings is 2. The maximum atomic E-state index is 5.67. The number of ether oxygens (including phenoxy) is 1. The van der Waals surface area contributed by atoms with E-state index < -0.39 is 0 Å². The summed E-state index contributed by atoms with van der Waals surface area (Å²) in [4.78, 5) is 8.73. The fourth-order valence-corrected chi connectivity index (χ4v) is 2.45. The van der Waals surface area contributed by atoms with Gasteiger partial charge >= 0.3 is 0 Å². The van der Waals surface area contributed by atoms with E-state index in [0.717, 1.165) is 29.1 Å². The van der Waals surface area contributed by atoms with E-state index in [0.29, 0.717) is 6.61 Å². The molecule has 2 heterocycles. The second-order valence-electron chi connectivity index (χ2n) is 5.21. The summed E-state index contributed by atoms with van der Waals surface area (Å²) in [5.74, 6) is 0.817. The van der Waals surface area contributed by atoms with Crippen LogP contribution in [0, 0.1) is 13.8 Å². The van der Waals surface area contributed by atoms with E-state index in [9.17, 15) is 0 Å². The van der Waals surface area contributed by atoms with Crippen LogP contribution in [0.15, 0.2) is 30.6 Å². The Kier molecular flexibility index (Phi) is 5.28. The van der Waals surface area contributed by atoms with Crippen molar-refractivity contribution >= 4 is 0 Å². The highest BCUT2D eigenvalue weighted by Gasteiger charge is 2.14. The molecule has 0 aliphatic rings. The minimum atomic E-state index is 0.0862. The second kappa shape index (κ2) is 7.18. The molecule has 2 aromatic heterocycles. The van der Waals surface area contributed by atoms with Gasteiger partial charge in [-0.1, -0.05) is 6.92 Å². The SMILES string of the molecule is CCCOc1cncc(C(NC)c2cc(C)nc(C)c2)c1. The Hall–Kier alpha value is -1.94. The topological polar surface area (TPSA) is 47.0 Å². The fourth-order valence-electron chi connectivity index (χ4n) is 2.45. The molecule has 1 N–H and O–H groups in total. The lowest BCUT2D eigenvalue weighted by Gasteiger charge is -2.18. The second-order valence-corrected chi connectivity index (χ2v) is 5.21. The highest BCUT2D eigenvalue weighted by atomic mass is 16.5. The highest BCUT2D eigenvalue weighted by Crippen LogP contribution is 2.25. The van der Waals surface area contributed by atoms with Crippen molar-refractivity contribution in [3.8, 4) is 5.75 Å². The van der Waals surface area contributed by atoms with Crippen LogP contribution in [0.4, 0.5) is 0 Å². The first-order valence-corrected chi connectivity index (χ1v) is 7.34. The Morgan fingerprint density at radius 1 is 1.10 bits per heavy atom. The van der Waals surface area contributed by atoms with Gasteiger partial charge in [-0.15, -0.1) is 0 Å². The monoisotopic (exact) mass is 285 g/mol. The van der Waals surface area contributed by atoms with Crippen molar-refractivity contribution in [1.82, 2.24) is 15.3 Å². The minimum absolute atomic E-state index is 0.0862. The molecule has 0 aliphatic carbocycles. The van der Waals surface area contributed by atoms with Gasteiger partial charge in [-0.05, 0) is 56.6 Å². The van der Waals surface area contributed by atoms with E-state index in [4.69, 9.17) is 4.74 Å². The van der Waals surface area contributed by atoms with Gasteiger partial charge in [0.2, 0.25) is 0 Å². The molecule has 1 atom stereocenters. The third-order valence-corrected chi connectivity index (χ3v) is 3.27. The molecule has 112 valence electrons. The van der Waals surface area contributed by atoms with Crippen LogP contribution in [0.5, 0.6) is 5.75 Å². The average molecular weight is 285 g/mol. The summed E-state index contributed by atoms with van der Waals surface area (Å²) in [6, 6.07) is 6.35. The number of aromatic nitrogens is 2. The molecule has 0 aromatic carbocycles. The van der Waals surface area contributed by atoms with Crippen LogP contribution in [0.25, 0.3) is 0 Å². The first-order valence-electron chi connectivity index (χ1n) is 7.34. The molecular formula is C17H23N3O. The van der Waals surface area contributed by atoms with E-state index in [1.807, 2.05) is 27.1 Å². The van der Waals surface area contributed by atoms with Crippen LogP contribution >= 0.6 is 0 Å². The smallest absolute Gasteiger partial charge is 0.137 e. The van der Waals surface area contributed by atoms with Crippen LogP contribution < -0.4 is 10.1 Å². The van der Waals surface area contributed by atoms with Crippen LogP contribution in [0.1, 0.15) is 41.9 Å². The van der Waals surface area contributed by atoms with Crippen molar-refractivity contribution in [2.24, 2.45) is 0 Å². The molecule has 0 radical (unpaired) electrons. The molecule has 4 nitrogen and oxygen atoms in total. The largest absolute Gasteiger partial charge is 0.492 e. The minimum Gasteiger partial charge on any atom is -0.492 e. The Morgan fingerprint density at radius 3 is 2.43 bits per heavy atom. The van der Waals surface area contributed by atoms with Gasteiger partial charge in [0, 0.05) is 17.6 Å². The fraction of sp³-hybridized carbons (Fsp3) is 0.412. The lowest BCUT2D eigenvalue weighted by atomic mass is 9.99. The molecule has 0 bridgehead atoms. The molecule has 4 heteroatoms. The van der Waals surface area contributed by atoms with Crippen LogP contribution in [0.3, 0.4) is 0 Å². The number of nitrogens with zero attached hydrogens (tertiary/aromatic N) is 2. The predicted molar refractivity (Wildman–Crippen MR) is 84.6 cm³/mol. The number of hydrogen-bond acceptors (Lipinski definition) is 4. The first kappa shape index (κ1) is 15.4. The van der Waals surface area contributed by atoms with Crippen molar-refractivity contribution in [3.63, 3.8) is 0 Å². The van der Waals surface area contributed by atoms with E-state index >= 15 is 0 Å². The third kappa shape index (κ3) is 4.02. The van der Waals surface area contributed by atoms with Crippen LogP contribution in [-0.4, -0.2) is 23.6 Å². The van der Waals surface area contributed by atoms with Gasteiger partial charge < -0.3 is 10.1 Å². The highest BCUT2D eigenvalue weighted by molar-refractivity contribution is 5.35. The normalized spacial score (nSPS) is 12.2. The predicted octanol–water partition coefficient (Wildman–Crippen LogP) is 3.19. The Balaban J connectivity index is 2.32. The van der Waals surface area contributed by atoms with Crippen molar-refractivity contribution < 1.29 is 4.74 Å². The maximum Gasteiger partial charge on any atom is 0.137 e. The molecular weight excluding hydrogens is 262 g/mol. The van der Waals surface area contributed by atoms with Crippen LogP contribution in [0.2, 0.25) is 0 Å². The first-order chi connectivity index (χ1) is 10.1. The van der Waals surface area contributed by atoms with Gasteiger partial charge in [0.1, 0.15) is 5.75 Å². The van der Waals surface area contributed by atoms with E-state index in [1.165, 1.54) is 5.56 Å². The lowest BCUT2D eigenvalue weighted by molar-refractivity contribution is 0.315. The zero-order valence-electron chi connectivity index (χ0n) is 13.2. The molecule has 0 amide bonds. The van der Waals surface area contributed by atoms with Gasteiger partial charge in [-0.25, -0.2) is 0 Å². The summed E-state index contributed by atoms with van der Waals surface area (Å²) in [7, 11) is 1.95. The van der Waals surface area contributed by atoms with E-state index in [2.05, 4.69) is 40.4 Å². The Morgan fingerprint density at radius 2 is 1.81 bits per heavy atom. The van der Waals surface area contributed by atoms with E-state index in [1.54, 1.807) is 6.20 Å². The lowest BCUT2D eigenvalue weighted by Crippen LogP contribution is -2.18. The van der Waals surface area contributed by atoms with Gasteiger partial charge in [-0.3, -0.25) is 9.97 Å². The van der Waals surface area contributed by atoms with Crippen LogP contribution in [-0.2, 0) is 0 Å². The van der Waals surface area contributed by atoms with Crippen molar-refractivity contribution in [2.45, 2.75) is 33.2 Å². The van der Waals surface area contributed by atoms with E-state index in [-0.39, 0.29) is 6.04 Å². The Bertz CT molecular complexity index is 578.